The van der Waals surface area contributed by atoms with Gasteiger partial charge >= 0.3 is 0 Å². The van der Waals surface area contributed by atoms with Gasteiger partial charge in [0.1, 0.15) is 5.75 Å². The molecule has 0 saturated carbocycles. The molecular weight excluding hydrogens is 288 g/mol. The van der Waals surface area contributed by atoms with E-state index in [2.05, 4.69) is 6.92 Å². The quantitative estimate of drug-likeness (QED) is 0.710. The van der Waals surface area contributed by atoms with E-state index >= 15 is 0 Å². The van der Waals surface area contributed by atoms with Crippen molar-refractivity contribution in [1.29, 1.82) is 0 Å². The highest BCUT2D eigenvalue weighted by Crippen LogP contribution is 2.24. The predicted octanol–water partition coefficient (Wildman–Crippen LogP) is 2.35. The Balaban J connectivity index is 2.97. The lowest BCUT2D eigenvalue weighted by atomic mass is 10.2. The van der Waals surface area contributed by atoms with Gasteiger partial charge in [0.15, 0.2) is 0 Å². The average Bonchev–Trinajstić information content (AvgIpc) is 2.47. The molecule has 0 aliphatic heterocycles. The lowest BCUT2D eigenvalue weighted by Crippen LogP contribution is -2.28. The summed E-state index contributed by atoms with van der Waals surface area (Å²) in [5.41, 5.74) is 6.39. The molecule has 5 nitrogen and oxygen atoms in total. The van der Waals surface area contributed by atoms with Gasteiger partial charge in [0, 0.05) is 25.7 Å². The molecule has 0 atom stereocenters. The first kappa shape index (κ1) is 17.9. The molecule has 0 amide bonds. The van der Waals surface area contributed by atoms with E-state index in [9.17, 15) is 8.42 Å². The Morgan fingerprint density at radius 1 is 1.24 bits per heavy atom. The maximum absolute atomic E-state index is 12.5. The first-order valence-electron chi connectivity index (χ1n) is 7.39. The molecule has 0 saturated heterocycles. The van der Waals surface area contributed by atoms with Crippen molar-refractivity contribution in [1.82, 2.24) is 4.31 Å². The van der Waals surface area contributed by atoms with E-state index in [1.165, 1.54) is 4.31 Å². The lowest BCUT2D eigenvalue weighted by Gasteiger charge is -2.18. The fourth-order valence-electron chi connectivity index (χ4n) is 2.06. The third kappa shape index (κ3) is 4.69. The van der Waals surface area contributed by atoms with Gasteiger partial charge in [0.25, 0.3) is 0 Å². The number of benzene rings is 1. The second kappa shape index (κ2) is 8.36. The van der Waals surface area contributed by atoms with Crippen LogP contribution in [0.1, 0.15) is 38.7 Å². The standard InChI is InChI=1S/C15H26N2O3S/c1-4-6-7-10-17(3)21(18,19)14-8-9-15(20-5-2)13(11-14)12-16/h8-9,11H,4-7,10,12,16H2,1-3H3. The van der Waals surface area contributed by atoms with Gasteiger partial charge in [-0.15, -0.1) is 0 Å². The SMILES string of the molecule is CCCCCN(C)S(=O)(=O)c1ccc(OCC)c(CN)c1. The highest BCUT2D eigenvalue weighted by Gasteiger charge is 2.21. The van der Waals surface area contributed by atoms with Crippen LogP contribution in [-0.4, -0.2) is 32.9 Å². The number of hydrogen-bond acceptors (Lipinski definition) is 4. The third-order valence-corrected chi connectivity index (χ3v) is 5.19. The van der Waals surface area contributed by atoms with Crippen molar-refractivity contribution in [3.63, 3.8) is 0 Å². The molecule has 1 aromatic rings. The second-order valence-corrected chi connectivity index (χ2v) is 6.99. The van der Waals surface area contributed by atoms with Crippen LogP contribution in [0.2, 0.25) is 0 Å². The van der Waals surface area contributed by atoms with Gasteiger partial charge < -0.3 is 10.5 Å². The molecular formula is C15H26N2O3S. The molecule has 0 aliphatic rings. The summed E-state index contributed by atoms with van der Waals surface area (Å²) in [7, 11) is -1.85. The molecule has 1 rings (SSSR count). The Morgan fingerprint density at radius 2 is 1.95 bits per heavy atom. The number of hydrogen-bond donors (Lipinski definition) is 1. The number of nitrogens with two attached hydrogens (primary N) is 1. The van der Waals surface area contributed by atoms with Crippen LogP contribution in [0.25, 0.3) is 0 Å². The molecule has 0 radical (unpaired) electrons. The number of rotatable bonds is 9. The van der Waals surface area contributed by atoms with Crippen LogP contribution in [0, 0.1) is 0 Å². The maximum Gasteiger partial charge on any atom is 0.242 e. The van der Waals surface area contributed by atoms with Crippen LogP contribution in [-0.2, 0) is 16.6 Å². The number of nitrogens with zero attached hydrogens (tertiary/aromatic N) is 1. The average molecular weight is 314 g/mol. The molecule has 0 fully saturated rings. The Morgan fingerprint density at radius 3 is 2.52 bits per heavy atom. The van der Waals surface area contributed by atoms with Crippen LogP contribution >= 0.6 is 0 Å². The second-order valence-electron chi connectivity index (χ2n) is 4.94. The van der Waals surface area contributed by atoms with Crippen molar-refractivity contribution in [2.24, 2.45) is 5.73 Å². The molecule has 0 aliphatic carbocycles. The third-order valence-electron chi connectivity index (χ3n) is 3.34. The van der Waals surface area contributed by atoms with Crippen LogP contribution in [0.3, 0.4) is 0 Å². The summed E-state index contributed by atoms with van der Waals surface area (Å²) in [6.45, 7) is 5.27. The predicted molar refractivity (Wildman–Crippen MR) is 84.8 cm³/mol. The first-order valence-corrected chi connectivity index (χ1v) is 8.83. The molecule has 0 spiro atoms. The van der Waals surface area contributed by atoms with Crippen LogP contribution in [0.15, 0.2) is 23.1 Å². The molecule has 120 valence electrons. The van der Waals surface area contributed by atoms with Crippen molar-refractivity contribution < 1.29 is 13.2 Å². The Kier molecular flexibility index (Phi) is 7.14. The summed E-state index contributed by atoms with van der Waals surface area (Å²) in [6, 6.07) is 4.87. The zero-order valence-electron chi connectivity index (χ0n) is 13.1. The minimum Gasteiger partial charge on any atom is -0.494 e. The number of ether oxygens (including phenoxy) is 1. The molecule has 0 unspecified atom stereocenters. The monoisotopic (exact) mass is 314 g/mol. The smallest absolute Gasteiger partial charge is 0.242 e. The zero-order valence-corrected chi connectivity index (χ0v) is 13.9. The zero-order chi connectivity index (χ0) is 15.9. The maximum atomic E-state index is 12.5. The Bertz CT molecular complexity index is 544. The molecule has 0 heterocycles. The van der Waals surface area contributed by atoms with Gasteiger partial charge in [-0.2, -0.15) is 0 Å². The van der Waals surface area contributed by atoms with Gasteiger partial charge in [-0.25, -0.2) is 12.7 Å². The van der Waals surface area contributed by atoms with Gasteiger partial charge in [-0.05, 0) is 31.5 Å². The summed E-state index contributed by atoms with van der Waals surface area (Å²) in [5.74, 6) is 0.646. The highest BCUT2D eigenvalue weighted by atomic mass is 32.2. The molecule has 1 aromatic carbocycles. The molecule has 0 bridgehead atoms. The van der Waals surface area contributed by atoms with E-state index in [4.69, 9.17) is 10.5 Å². The van der Waals surface area contributed by atoms with E-state index in [1.807, 2.05) is 6.92 Å². The van der Waals surface area contributed by atoms with Gasteiger partial charge in [0.05, 0.1) is 11.5 Å². The largest absolute Gasteiger partial charge is 0.494 e. The molecule has 2 N–H and O–H groups in total. The van der Waals surface area contributed by atoms with E-state index in [0.717, 1.165) is 19.3 Å². The summed E-state index contributed by atoms with van der Waals surface area (Å²) >= 11 is 0. The first-order chi connectivity index (χ1) is 9.97. The van der Waals surface area contributed by atoms with E-state index in [1.54, 1.807) is 25.2 Å². The minimum atomic E-state index is -3.46. The van der Waals surface area contributed by atoms with Gasteiger partial charge in [-0.3, -0.25) is 0 Å². The summed E-state index contributed by atoms with van der Waals surface area (Å²) < 4.78 is 31.9. The van der Waals surface area contributed by atoms with Crippen molar-refractivity contribution in [2.75, 3.05) is 20.2 Å². The minimum absolute atomic E-state index is 0.248. The Hall–Kier alpha value is -1.11. The van der Waals surface area contributed by atoms with Crippen molar-refractivity contribution in [3.05, 3.63) is 23.8 Å². The molecule has 6 heteroatoms. The lowest BCUT2D eigenvalue weighted by molar-refractivity contribution is 0.336. The van der Waals surface area contributed by atoms with Crippen molar-refractivity contribution in [3.8, 4) is 5.75 Å². The molecule has 21 heavy (non-hydrogen) atoms. The number of unbranched alkanes of at least 4 members (excludes halogenated alkanes) is 2. The van der Waals surface area contributed by atoms with Gasteiger partial charge in [0.2, 0.25) is 10.0 Å². The molecule has 0 aromatic heterocycles. The summed E-state index contributed by atoms with van der Waals surface area (Å²) in [6.07, 6.45) is 2.96. The topological polar surface area (TPSA) is 72.6 Å². The fraction of sp³-hybridized carbons (Fsp3) is 0.600. The normalized spacial score (nSPS) is 11.9. The van der Waals surface area contributed by atoms with Crippen molar-refractivity contribution in [2.45, 2.75) is 44.6 Å². The Labute approximate surface area is 128 Å². The van der Waals surface area contributed by atoms with Gasteiger partial charge in [-0.1, -0.05) is 19.8 Å². The summed E-state index contributed by atoms with van der Waals surface area (Å²) in [4.78, 5) is 0.269. The summed E-state index contributed by atoms with van der Waals surface area (Å²) in [5, 5.41) is 0. The van der Waals surface area contributed by atoms with Crippen LogP contribution < -0.4 is 10.5 Å². The van der Waals surface area contributed by atoms with Crippen LogP contribution in [0.5, 0.6) is 5.75 Å². The highest BCUT2D eigenvalue weighted by molar-refractivity contribution is 7.89. The van der Waals surface area contributed by atoms with E-state index in [-0.39, 0.29) is 11.4 Å². The van der Waals surface area contributed by atoms with E-state index < -0.39 is 10.0 Å². The van der Waals surface area contributed by atoms with E-state index in [0.29, 0.717) is 24.5 Å². The number of sulfonamides is 1. The van der Waals surface area contributed by atoms with Crippen LogP contribution in [0.4, 0.5) is 0 Å². The van der Waals surface area contributed by atoms with Crippen molar-refractivity contribution >= 4 is 10.0 Å². The fourth-order valence-corrected chi connectivity index (χ4v) is 3.32.